The summed E-state index contributed by atoms with van der Waals surface area (Å²) in [6.07, 6.45) is 3.28. The second kappa shape index (κ2) is 9.24. The molecule has 9 heteroatoms. The summed E-state index contributed by atoms with van der Waals surface area (Å²) in [5, 5.41) is 12.9. The van der Waals surface area contributed by atoms with Crippen molar-refractivity contribution in [3.8, 4) is 0 Å². The number of nitrogens with zero attached hydrogens (tertiary/aromatic N) is 4. The van der Waals surface area contributed by atoms with Crippen LogP contribution >= 0.6 is 0 Å². The fraction of sp³-hybridized carbons (Fsp3) is 0.346. The number of aromatic amines is 1. The Balaban J connectivity index is 1.03. The van der Waals surface area contributed by atoms with Gasteiger partial charge in [-0.25, -0.2) is 9.07 Å². The van der Waals surface area contributed by atoms with E-state index in [0.717, 1.165) is 48.2 Å². The van der Waals surface area contributed by atoms with Crippen LogP contribution in [0, 0.1) is 5.82 Å². The zero-order valence-electron chi connectivity index (χ0n) is 19.3. The van der Waals surface area contributed by atoms with Gasteiger partial charge in [0.15, 0.2) is 0 Å². The molecular formula is C26H27FN6O2. The Morgan fingerprint density at radius 2 is 2.03 bits per heavy atom. The Bertz CT molecular complexity index is 1360. The summed E-state index contributed by atoms with van der Waals surface area (Å²) in [5.74, 6) is -0.290. The van der Waals surface area contributed by atoms with Gasteiger partial charge in [-0.15, -0.1) is 5.10 Å². The monoisotopic (exact) mass is 474 g/mol. The van der Waals surface area contributed by atoms with Gasteiger partial charge >= 0.3 is 0 Å². The van der Waals surface area contributed by atoms with Gasteiger partial charge in [-0.1, -0.05) is 23.4 Å². The number of piperidine rings is 1. The molecule has 0 aliphatic carbocycles. The molecule has 0 radical (unpaired) electrons. The second-order valence-electron chi connectivity index (χ2n) is 9.29. The third kappa shape index (κ3) is 4.44. The van der Waals surface area contributed by atoms with Gasteiger partial charge in [0.1, 0.15) is 17.6 Å². The number of aromatic nitrogens is 4. The van der Waals surface area contributed by atoms with E-state index in [0.29, 0.717) is 30.8 Å². The largest absolute Gasteiger partial charge is 0.365 e. The Labute approximate surface area is 202 Å². The molecule has 1 amide bonds. The van der Waals surface area contributed by atoms with Crippen LogP contribution in [-0.4, -0.2) is 49.9 Å². The van der Waals surface area contributed by atoms with Crippen LogP contribution in [0.3, 0.4) is 0 Å². The summed E-state index contributed by atoms with van der Waals surface area (Å²) in [7, 11) is 0. The van der Waals surface area contributed by atoms with Crippen molar-refractivity contribution in [1.29, 1.82) is 0 Å². The number of fused-ring (bicyclic) bond motifs is 2. The van der Waals surface area contributed by atoms with Crippen LogP contribution in [0.1, 0.15) is 46.3 Å². The predicted molar refractivity (Wildman–Crippen MR) is 128 cm³/mol. The van der Waals surface area contributed by atoms with Crippen LogP contribution in [-0.2, 0) is 24.4 Å². The fourth-order valence-electron chi connectivity index (χ4n) is 5.02. The Hall–Kier alpha value is -3.56. The number of carbonyl (C=O) groups excluding carboxylic acids is 1. The van der Waals surface area contributed by atoms with E-state index in [1.165, 1.54) is 6.07 Å². The molecule has 0 saturated carbocycles. The van der Waals surface area contributed by atoms with Gasteiger partial charge in [-0.05, 0) is 43.2 Å². The number of H-pyrrole nitrogens is 1. The first-order valence-electron chi connectivity index (χ1n) is 12.0. The van der Waals surface area contributed by atoms with E-state index in [4.69, 9.17) is 4.74 Å². The van der Waals surface area contributed by atoms with Crippen molar-refractivity contribution in [3.05, 3.63) is 83.1 Å². The SMILES string of the molecule is O=C(NC1CCN(Cc2nnn3c2CO[C@H](c2ccccc2F)C3)CC1)c1ccc2[nH]ccc2c1. The number of likely N-dealkylation sites (tertiary alicyclic amines) is 1. The van der Waals surface area contributed by atoms with Crippen LogP contribution in [0.5, 0.6) is 0 Å². The highest BCUT2D eigenvalue weighted by atomic mass is 19.1. The van der Waals surface area contributed by atoms with Crippen molar-refractivity contribution >= 4 is 16.8 Å². The predicted octanol–water partition coefficient (Wildman–Crippen LogP) is 3.56. The molecule has 2 aliphatic rings. The number of carbonyl (C=O) groups is 1. The Kier molecular flexibility index (Phi) is 5.79. The lowest BCUT2D eigenvalue weighted by atomic mass is 10.0. The van der Waals surface area contributed by atoms with Crippen LogP contribution in [0.25, 0.3) is 10.9 Å². The summed E-state index contributed by atoms with van der Waals surface area (Å²) >= 11 is 0. The molecule has 180 valence electrons. The van der Waals surface area contributed by atoms with Crippen molar-refractivity contribution in [2.45, 2.75) is 44.7 Å². The van der Waals surface area contributed by atoms with Gasteiger partial charge in [0.05, 0.1) is 18.8 Å². The first kappa shape index (κ1) is 21.9. The third-order valence-corrected chi connectivity index (χ3v) is 7.04. The maximum absolute atomic E-state index is 14.2. The minimum atomic E-state index is -0.365. The van der Waals surface area contributed by atoms with Gasteiger partial charge < -0.3 is 15.0 Å². The molecule has 2 N–H and O–H groups in total. The van der Waals surface area contributed by atoms with Gasteiger partial charge in [-0.3, -0.25) is 9.69 Å². The number of ether oxygens (including phenoxy) is 1. The van der Waals surface area contributed by atoms with E-state index >= 15 is 0 Å². The summed E-state index contributed by atoms with van der Waals surface area (Å²) in [5.41, 5.74) is 4.11. The van der Waals surface area contributed by atoms with Crippen LogP contribution in [0.2, 0.25) is 0 Å². The number of amides is 1. The molecule has 35 heavy (non-hydrogen) atoms. The van der Waals surface area contributed by atoms with Gasteiger partial charge in [-0.2, -0.15) is 0 Å². The molecule has 0 spiro atoms. The third-order valence-electron chi connectivity index (χ3n) is 7.04. The van der Waals surface area contributed by atoms with E-state index in [9.17, 15) is 9.18 Å². The van der Waals surface area contributed by atoms with E-state index < -0.39 is 0 Å². The van der Waals surface area contributed by atoms with E-state index in [-0.39, 0.29) is 23.9 Å². The zero-order valence-corrected chi connectivity index (χ0v) is 19.3. The van der Waals surface area contributed by atoms with E-state index in [2.05, 4.69) is 25.5 Å². The molecule has 2 aromatic heterocycles. The standard InChI is InChI=1S/C26H27FN6O2/c27-21-4-2-1-3-20(21)25-15-33-24(16-35-25)23(30-31-33)14-32-11-8-19(9-12-32)29-26(34)18-5-6-22-17(13-18)7-10-28-22/h1-7,10,13,19,25,28H,8-9,11-12,14-16H2,(H,29,34)/t25-/m0/s1. The first-order chi connectivity index (χ1) is 17.1. The van der Waals surface area contributed by atoms with Crippen LogP contribution in [0.4, 0.5) is 4.39 Å². The smallest absolute Gasteiger partial charge is 0.251 e. The number of halogens is 1. The number of rotatable bonds is 5. The van der Waals surface area contributed by atoms with Crippen molar-refractivity contribution in [1.82, 2.24) is 30.2 Å². The molecule has 8 nitrogen and oxygen atoms in total. The van der Waals surface area contributed by atoms with Gasteiger partial charge in [0.25, 0.3) is 5.91 Å². The van der Waals surface area contributed by atoms with Crippen LogP contribution < -0.4 is 5.32 Å². The molecule has 4 aromatic rings. The lowest BCUT2D eigenvalue weighted by Crippen LogP contribution is -2.44. The average molecular weight is 475 g/mol. The molecule has 1 fully saturated rings. The lowest BCUT2D eigenvalue weighted by Gasteiger charge is -2.32. The normalized spacial score (nSPS) is 19.1. The maximum Gasteiger partial charge on any atom is 0.251 e. The highest BCUT2D eigenvalue weighted by molar-refractivity contribution is 5.98. The summed E-state index contributed by atoms with van der Waals surface area (Å²) in [6.45, 7) is 3.23. The van der Waals surface area contributed by atoms with Crippen molar-refractivity contribution in [2.24, 2.45) is 0 Å². The van der Waals surface area contributed by atoms with E-state index in [1.807, 2.05) is 41.2 Å². The molecule has 6 rings (SSSR count). The highest BCUT2D eigenvalue weighted by Gasteiger charge is 2.28. The topological polar surface area (TPSA) is 88.1 Å². The van der Waals surface area contributed by atoms with E-state index in [1.54, 1.807) is 12.1 Å². The highest BCUT2D eigenvalue weighted by Crippen LogP contribution is 2.29. The lowest BCUT2D eigenvalue weighted by molar-refractivity contribution is -0.00414. The molecule has 2 aliphatic heterocycles. The number of nitrogens with one attached hydrogen (secondary N) is 2. The summed E-state index contributed by atoms with van der Waals surface area (Å²) in [6, 6.07) is 14.5. The Morgan fingerprint density at radius 1 is 1.17 bits per heavy atom. The molecular weight excluding hydrogens is 447 g/mol. The summed E-state index contributed by atoms with van der Waals surface area (Å²) in [4.78, 5) is 18.2. The molecule has 1 atom stereocenters. The fourth-order valence-corrected chi connectivity index (χ4v) is 5.02. The number of hydrogen-bond donors (Lipinski definition) is 2. The summed E-state index contributed by atoms with van der Waals surface area (Å²) < 4.78 is 22.0. The maximum atomic E-state index is 14.2. The molecule has 0 unspecified atom stereocenters. The minimum Gasteiger partial charge on any atom is -0.365 e. The molecule has 0 bridgehead atoms. The molecule has 2 aromatic carbocycles. The van der Waals surface area contributed by atoms with Crippen molar-refractivity contribution in [2.75, 3.05) is 13.1 Å². The quantitative estimate of drug-likeness (QED) is 0.462. The van der Waals surface area contributed by atoms with Gasteiger partial charge in [0.2, 0.25) is 0 Å². The van der Waals surface area contributed by atoms with Crippen LogP contribution in [0.15, 0.2) is 54.7 Å². The van der Waals surface area contributed by atoms with Crippen molar-refractivity contribution < 1.29 is 13.9 Å². The zero-order chi connectivity index (χ0) is 23.8. The van der Waals surface area contributed by atoms with Gasteiger partial charge in [0, 0.05) is 53.9 Å². The van der Waals surface area contributed by atoms with Crippen molar-refractivity contribution in [3.63, 3.8) is 0 Å². The second-order valence-corrected chi connectivity index (χ2v) is 9.29. The minimum absolute atomic E-state index is 0.0273. The Morgan fingerprint density at radius 3 is 2.89 bits per heavy atom. The first-order valence-corrected chi connectivity index (χ1v) is 12.0. The molecule has 4 heterocycles. The number of hydrogen-bond acceptors (Lipinski definition) is 5. The molecule has 1 saturated heterocycles. The average Bonchev–Trinajstić information content (AvgIpc) is 3.51. The number of benzene rings is 2.